The van der Waals surface area contributed by atoms with Gasteiger partial charge in [-0.15, -0.1) is 0 Å². The molecule has 0 aliphatic carbocycles. The summed E-state index contributed by atoms with van der Waals surface area (Å²) in [6, 6.07) is 18.0. The van der Waals surface area contributed by atoms with Crippen LogP contribution in [-0.4, -0.2) is 42.6 Å². The minimum absolute atomic E-state index is 0.0193. The molecule has 0 fully saturated rings. The monoisotopic (exact) mass is 554 g/mol. The molecule has 0 radical (unpaired) electrons. The molecule has 0 bridgehead atoms. The normalized spacial score (nSPS) is 12.8. The number of carbonyl (C=O) groups is 1. The zero-order chi connectivity index (χ0) is 29.7. The molecule has 0 saturated heterocycles. The van der Waals surface area contributed by atoms with E-state index in [-0.39, 0.29) is 24.0 Å². The number of nitriles is 1. The van der Waals surface area contributed by atoms with Gasteiger partial charge in [0.1, 0.15) is 35.0 Å². The minimum Gasteiger partial charge on any atom is -0.457 e. The Morgan fingerprint density at radius 3 is 2.39 bits per heavy atom. The molecule has 0 saturated carbocycles. The van der Waals surface area contributed by atoms with Gasteiger partial charge in [0, 0.05) is 24.2 Å². The number of nitrogens with zero attached hydrogens (tertiary/aromatic N) is 5. The highest BCUT2D eigenvalue weighted by Gasteiger charge is 2.23. The molecule has 2 aromatic carbocycles. The van der Waals surface area contributed by atoms with Gasteiger partial charge in [0.2, 0.25) is 0 Å². The van der Waals surface area contributed by atoms with Crippen molar-refractivity contribution in [2.45, 2.75) is 58.8 Å². The fraction of sp³-hybridized carbons (Fsp3) is 0.300. The molecule has 11 nitrogen and oxygen atoms in total. The highest BCUT2D eigenvalue weighted by Crippen LogP contribution is 2.25. The number of rotatable bonds is 10. The Bertz CT molecular complexity index is 1660. The third-order valence-corrected chi connectivity index (χ3v) is 6.17. The summed E-state index contributed by atoms with van der Waals surface area (Å²) >= 11 is 0. The topological polar surface area (TPSA) is 153 Å². The molecule has 2 aromatic heterocycles. The van der Waals surface area contributed by atoms with E-state index in [1.165, 1.54) is 15.5 Å². The first-order chi connectivity index (χ1) is 19.5. The zero-order valence-electron chi connectivity index (χ0n) is 23.8. The molecule has 1 atom stereocenters. The first kappa shape index (κ1) is 29.0. The highest BCUT2D eigenvalue weighted by molar-refractivity contribution is 5.97. The van der Waals surface area contributed by atoms with Gasteiger partial charge >= 0.3 is 5.69 Å². The average Bonchev–Trinajstić information content (AvgIpc) is 3.19. The van der Waals surface area contributed by atoms with Crippen molar-refractivity contribution >= 4 is 22.9 Å². The first-order valence-electron chi connectivity index (χ1n) is 13.3. The molecule has 4 N–H and O–H groups in total. The van der Waals surface area contributed by atoms with Crippen molar-refractivity contribution in [2.24, 2.45) is 0 Å². The van der Waals surface area contributed by atoms with Crippen molar-refractivity contribution in [2.75, 3.05) is 5.73 Å². The van der Waals surface area contributed by atoms with Gasteiger partial charge in [0.25, 0.3) is 5.91 Å². The average molecular weight is 555 g/mol. The lowest BCUT2D eigenvalue weighted by Crippen LogP contribution is -2.43. The number of benzene rings is 2. The van der Waals surface area contributed by atoms with Crippen LogP contribution in [-0.2, 0) is 11.3 Å². The number of carbonyl (C=O) groups excluding carboxylic acids is 1. The third-order valence-electron chi connectivity index (χ3n) is 6.17. The molecule has 1 amide bonds. The molecule has 0 unspecified atom stereocenters. The number of nitrogens with two attached hydrogens (primary N) is 1. The Morgan fingerprint density at radius 2 is 1.76 bits per heavy atom. The summed E-state index contributed by atoms with van der Waals surface area (Å²) < 4.78 is 8.74. The second-order valence-corrected chi connectivity index (χ2v) is 10.6. The lowest BCUT2D eigenvalue weighted by Gasteiger charge is -2.26. The second-order valence-electron chi connectivity index (χ2n) is 10.6. The van der Waals surface area contributed by atoms with Gasteiger partial charge in [-0.2, -0.15) is 5.26 Å². The summed E-state index contributed by atoms with van der Waals surface area (Å²) in [5.74, 6) is 0.905. The SMILES string of the molecule is CC(C)NC(C)(C)/C=C(\C#N)C(=O)N[C@@H](C)Cn1c(=O)n(-c2ccc(Oc3ccccc3)cc2)c2c(N)ncnc21. The van der Waals surface area contributed by atoms with E-state index in [0.717, 1.165) is 0 Å². The summed E-state index contributed by atoms with van der Waals surface area (Å²) in [5, 5.41) is 15.8. The number of nitrogen functional groups attached to an aromatic ring is 1. The maximum atomic E-state index is 13.7. The Hall–Kier alpha value is -4.95. The quantitative estimate of drug-likeness (QED) is 0.198. The van der Waals surface area contributed by atoms with Crippen molar-refractivity contribution in [1.29, 1.82) is 5.26 Å². The van der Waals surface area contributed by atoms with E-state index in [9.17, 15) is 14.9 Å². The van der Waals surface area contributed by atoms with E-state index < -0.39 is 23.2 Å². The van der Waals surface area contributed by atoms with E-state index in [2.05, 4.69) is 20.6 Å². The number of amides is 1. The van der Waals surface area contributed by atoms with E-state index in [4.69, 9.17) is 10.5 Å². The predicted octanol–water partition coefficient (Wildman–Crippen LogP) is 3.69. The van der Waals surface area contributed by atoms with Crippen molar-refractivity contribution in [3.05, 3.63) is 83.1 Å². The van der Waals surface area contributed by atoms with Gasteiger partial charge in [0.15, 0.2) is 11.5 Å². The standard InChI is InChI=1S/C30H34N8O3/c1-19(2)36-30(4,5)15-21(16-31)28(39)35-20(3)17-37-27-25(26(32)33-18-34-27)38(29(37)40)22-11-13-24(14-12-22)41-23-9-7-6-8-10-23/h6-15,18-20,36H,17H2,1-5H3,(H,35,39)(H2,32,33,34)/b21-15+/t20-/m0/s1. The van der Waals surface area contributed by atoms with Gasteiger partial charge in [0.05, 0.1) is 5.69 Å². The van der Waals surface area contributed by atoms with Crippen LogP contribution in [0, 0.1) is 11.3 Å². The highest BCUT2D eigenvalue weighted by atomic mass is 16.5. The fourth-order valence-electron chi connectivity index (χ4n) is 4.71. The molecule has 0 aliphatic heterocycles. The first-order valence-corrected chi connectivity index (χ1v) is 13.3. The second kappa shape index (κ2) is 12.1. The third kappa shape index (κ3) is 6.80. The lowest BCUT2D eigenvalue weighted by atomic mass is 10.00. The molecule has 0 spiro atoms. The predicted molar refractivity (Wildman–Crippen MR) is 158 cm³/mol. The Labute approximate surface area is 238 Å². The maximum Gasteiger partial charge on any atom is 0.335 e. The molecular formula is C30H34N8O3. The van der Waals surface area contributed by atoms with Crippen LogP contribution in [0.1, 0.15) is 34.6 Å². The van der Waals surface area contributed by atoms with Crippen molar-refractivity contribution < 1.29 is 9.53 Å². The van der Waals surface area contributed by atoms with Gasteiger partial charge in [-0.1, -0.05) is 32.0 Å². The van der Waals surface area contributed by atoms with Crippen LogP contribution in [0.5, 0.6) is 11.5 Å². The van der Waals surface area contributed by atoms with Crippen LogP contribution in [0.15, 0.2) is 77.4 Å². The molecule has 11 heteroatoms. The number of imidazole rings is 1. The molecule has 0 aliphatic rings. The lowest BCUT2D eigenvalue weighted by molar-refractivity contribution is -0.117. The molecule has 2 heterocycles. The van der Waals surface area contributed by atoms with Crippen LogP contribution in [0.25, 0.3) is 16.9 Å². The van der Waals surface area contributed by atoms with E-state index in [0.29, 0.717) is 28.4 Å². The fourth-order valence-corrected chi connectivity index (χ4v) is 4.71. The number of nitrogens with one attached hydrogen (secondary N) is 2. The van der Waals surface area contributed by atoms with Gasteiger partial charge < -0.3 is 21.1 Å². The van der Waals surface area contributed by atoms with Crippen LogP contribution < -0.4 is 26.8 Å². The van der Waals surface area contributed by atoms with Crippen molar-refractivity contribution in [3.8, 4) is 23.3 Å². The van der Waals surface area contributed by atoms with Crippen LogP contribution in [0.3, 0.4) is 0 Å². The Morgan fingerprint density at radius 1 is 1.10 bits per heavy atom. The number of hydrogen-bond donors (Lipinski definition) is 3. The largest absolute Gasteiger partial charge is 0.457 e. The van der Waals surface area contributed by atoms with E-state index >= 15 is 0 Å². The number of anilines is 1. The zero-order valence-corrected chi connectivity index (χ0v) is 23.8. The number of fused-ring (bicyclic) bond motifs is 1. The Kier molecular flexibility index (Phi) is 8.54. The summed E-state index contributed by atoms with van der Waals surface area (Å²) in [7, 11) is 0. The number of para-hydroxylation sites is 1. The van der Waals surface area contributed by atoms with E-state index in [1.807, 2.05) is 64.1 Å². The van der Waals surface area contributed by atoms with Gasteiger partial charge in [-0.25, -0.2) is 14.8 Å². The molecule has 41 heavy (non-hydrogen) atoms. The summed E-state index contributed by atoms with van der Waals surface area (Å²) in [5.41, 5.74) is 6.44. The number of hydrogen-bond acceptors (Lipinski definition) is 8. The van der Waals surface area contributed by atoms with E-state index in [1.54, 1.807) is 37.3 Å². The van der Waals surface area contributed by atoms with Crippen LogP contribution in [0.2, 0.25) is 0 Å². The molecule has 4 aromatic rings. The number of ether oxygens (including phenoxy) is 1. The van der Waals surface area contributed by atoms with Crippen LogP contribution in [0.4, 0.5) is 5.82 Å². The Balaban J connectivity index is 1.61. The minimum atomic E-state index is -0.569. The van der Waals surface area contributed by atoms with Crippen molar-refractivity contribution in [3.63, 3.8) is 0 Å². The number of aromatic nitrogens is 4. The van der Waals surface area contributed by atoms with Crippen molar-refractivity contribution in [1.82, 2.24) is 29.7 Å². The summed E-state index contributed by atoms with van der Waals surface area (Å²) in [4.78, 5) is 35.1. The molecular weight excluding hydrogens is 520 g/mol. The van der Waals surface area contributed by atoms with Gasteiger partial charge in [-0.05, 0) is 63.2 Å². The summed E-state index contributed by atoms with van der Waals surface area (Å²) in [6.07, 6.45) is 2.89. The molecule has 212 valence electrons. The van der Waals surface area contributed by atoms with Crippen LogP contribution >= 0.6 is 0 Å². The smallest absolute Gasteiger partial charge is 0.335 e. The summed E-state index contributed by atoms with van der Waals surface area (Å²) in [6.45, 7) is 9.59. The molecule has 4 rings (SSSR count). The maximum absolute atomic E-state index is 13.7. The van der Waals surface area contributed by atoms with Gasteiger partial charge in [-0.3, -0.25) is 13.9 Å².